The molecule has 1 amide bonds. The second kappa shape index (κ2) is 13.1. The second-order valence-corrected chi connectivity index (χ2v) is 9.19. The number of likely N-dealkylation sites (tertiary alicyclic amines) is 1. The number of amides is 1. The molecule has 1 fully saturated rings. The Kier molecular flexibility index (Phi) is 9.41. The van der Waals surface area contributed by atoms with Crippen LogP contribution in [-0.2, 0) is 9.47 Å². The average molecular weight is 492 g/mol. The molecule has 1 saturated heterocycles. The standard InChI is InChI=1S/C29H37N3O4/c1-2-35-19-6-13-30-29(34)27-10-4-3-9-26(27)23-11-14-31(15-12-23)16-17-32-18-20-36-28(22-32)24-7-5-8-25(33)21-24/h3-5,7-10,18,20-23,33H,2,6,11-17,19H2,1H3,(H,30,34). The van der Waals surface area contributed by atoms with Crippen molar-refractivity contribution in [3.63, 3.8) is 0 Å². The van der Waals surface area contributed by atoms with E-state index in [2.05, 4.69) is 21.2 Å². The van der Waals surface area contributed by atoms with E-state index >= 15 is 0 Å². The van der Waals surface area contributed by atoms with Gasteiger partial charge in [0.05, 0.1) is 0 Å². The zero-order valence-corrected chi connectivity index (χ0v) is 21.1. The first-order valence-corrected chi connectivity index (χ1v) is 12.9. The van der Waals surface area contributed by atoms with Crippen LogP contribution >= 0.6 is 0 Å². The summed E-state index contributed by atoms with van der Waals surface area (Å²) in [5.41, 5.74) is 2.81. The van der Waals surface area contributed by atoms with Crippen LogP contribution in [-0.4, -0.2) is 66.8 Å². The highest BCUT2D eigenvalue weighted by atomic mass is 16.5. The number of carbonyl (C=O) groups is 1. The third-order valence-corrected chi connectivity index (χ3v) is 6.72. The summed E-state index contributed by atoms with van der Waals surface area (Å²) in [6.07, 6.45) is 8.50. The van der Waals surface area contributed by atoms with Crippen LogP contribution in [0.4, 0.5) is 0 Å². The molecule has 0 aliphatic carbocycles. The van der Waals surface area contributed by atoms with Gasteiger partial charge in [0, 0.05) is 56.4 Å². The van der Waals surface area contributed by atoms with Gasteiger partial charge < -0.3 is 29.7 Å². The Hall–Kier alpha value is -3.29. The molecule has 0 saturated carbocycles. The molecular formula is C29H37N3O4. The van der Waals surface area contributed by atoms with Gasteiger partial charge in [-0.3, -0.25) is 4.79 Å². The Morgan fingerprint density at radius 2 is 1.97 bits per heavy atom. The van der Waals surface area contributed by atoms with Crippen LogP contribution in [0.2, 0.25) is 0 Å². The predicted octanol–water partition coefficient (Wildman–Crippen LogP) is 4.53. The van der Waals surface area contributed by atoms with Gasteiger partial charge in [-0.2, -0.15) is 0 Å². The van der Waals surface area contributed by atoms with Gasteiger partial charge in [0.15, 0.2) is 0 Å². The molecule has 36 heavy (non-hydrogen) atoms. The number of phenols is 1. The molecule has 2 aliphatic rings. The lowest BCUT2D eigenvalue weighted by Crippen LogP contribution is -2.38. The largest absolute Gasteiger partial charge is 0.508 e. The third kappa shape index (κ3) is 7.12. The summed E-state index contributed by atoms with van der Waals surface area (Å²) in [6, 6.07) is 15.1. The number of nitrogens with zero attached hydrogens (tertiary/aromatic N) is 2. The molecule has 2 aromatic rings. The molecule has 0 unspecified atom stereocenters. The van der Waals surface area contributed by atoms with Crippen LogP contribution in [0.1, 0.15) is 53.6 Å². The number of aromatic hydroxyl groups is 1. The van der Waals surface area contributed by atoms with Crippen molar-refractivity contribution in [3.8, 4) is 5.75 Å². The van der Waals surface area contributed by atoms with E-state index in [1.165, 1.54) is 0 Å². The van der Waals surface area contributed by atoms with Crippen molar-refractivity contribution in [2.45, 2.75) is 32.1 Å². The molecule has 192 valence electrons. The number of piperidine rings is 1. The molecule has 2 aromatic carbocycles. The molecule has 2 N–H and O–H groups in total. The highest BCUT2D eigenvalue weighted by Crippen LogP contribution is 2.30. The topological polar surface area (TPSA) is 74.3 Å². The summed E-state index contributed by atoms with van der Waals surface area (Å²) >= 11 is 0. The van der Waals surface area contributed by atoms with E-state index in [1.54, 1.807) is 18.4 Å². The molecule has 7 nitrogen and oxygen atoms in total. The summed E-state index contributed by atoms with van der Waals surface area (Å²) in [7, 11) is 0. The van der Waals surface area contributed by atoms with Crippen LogP contribution in [0, 0.1) is 0 Å². The normalized spacial score (nSPS) is 16.5. The lowest BCUT2D eigenvalue weighted by molar-refractivity contribution is 0.0942. The minimum Gasteiger partial charge on any atom is -0.508 e. The van der Waals surface area contributed by atoms with Gasteiger partial charge in [-0.25, -0.2) is 0 Å². The average Bonchev–Trinajstić information content (AvgIpc) is 2.92. The van der Waals surface area contributed by atoms with E-state index in [-0.39, 0.29) is 11.7 Å². The van der Waals surface area contributed by atoms with E-state index in [0.29, 0.717) is 25.7 Å². The van der Waals surface area contributed by atoms with Crippen molar-refractivity contribution in [1.82, 2.24) is 15.1 Å². The number of hydrogen-bond acceptors (Lipinski definition) is 6. The number of hydrogen-bond donors (Lipinski definition) is 2. The molecule has 2 aliphatic heterocycles. The zero-order valence-electron chi connectivity index (χ0n) is 21.1. The van der Waals surface area contributed by atoms with Crippen LogP contribution < -0.4 is 5.32 Å². The van der Waals surface area contributed by atoms with Crippen LogP contribution in [0.3, 0.4) is 0 Å². The van der Waals surface area contributed by atoms with Gasteiger partial charge in [-0.15, -0.1) is 0 Å². The highest BCUT2D eigenvalue weighted by molar-refractivity contribution is 5.95. The lowest BCUT2D eigenvalue weighted by Gasteiger charge is -2.34. The Morgan fingerprint density at radius 1 is 1.14 bits per heavy atom. The van der Waals surface area contributed by atoms with Crippen molar-refractivity contribution in [1.29, 1.82) is 0 Å². The maximum atomic E-state index is 12.8. The molecule has 0 atom stereocenters. The Bertz CT molecular complexity index is 1060. The van der Waals surface area contributed by atoms with Crippen LogP contribution in [0.25, 0.3) is 5.76 Å². The molecule has 2 heterocycles. The van der Waals surface area contributed by atoms with Crippen molar-refractivity contribution in [2.24, 2.45) is 0 Å². The zero-order chi connectivity index (χ0) is 25.2. The summed E-state index contributed by atoms with van der Waals surface area (Å²) in [5, 5.41) is 12.8. The van der Waals surface area contributed by atoms with Crippen LogP contribution in [0.5, 0.6) is 5.75 Å². The first kappa shape index (κ1) is 25.8. The number of benzene rings is 2. The van der Waals surface area contributed by atoms with E-state index in [4.69, 9.17) is 9.47 Å². The monoisotopic (exact) mass is 491 g/mol. The number of ether oxygens (including phenoxy) is 2. The highest BCUT2D eigenvalue weighted by Gasteiger charge is 2.24. The lowest BCUT2D eigenvalue weighted by atomic mass is 9.86. The Labute approximate surface area is 214 Å². The molecule has 0 radical (unpaired) electrons. The number of rotatable bonds is 11. The van der Waals surface area contributed by atoms with Gasteiger partial charge in [-0.1, -0.05) is 30.3 Å². The van der Waals surface area contributed by atoms with Gasteiger partial charge in [-0.05, 0) is 69.0 Å². The summed E-state index contributed by atoms with van der Waals surface area (Å²) in [6.45, 7) is 7.79. The van der Waals surface area contributed by atoms with E-state index < -0.39 is 0 Å². The number of nitrogens with one attached hydrogen (secondary N) is 1. The van der Waals surface area contributed by atoms with Gasteiger partial charge >= 0.3 is 0 Å². The molecule has 0 spiro atoms. The molecule has 0 bridgehead atoms. The van der Waals surface area contributed by atoms with Crippen LogP contribution in [0.15, 0.2) is 67.2 Å². The Balaban J connectivity index is 1.26. The fourth-order valence-electron chi connectivity index (χ4n) is 4.75. The molecule has 7 heteroatoms. The van der Waals surface area contributed by atoms with Gasteiger partial charge in [0.2, 0.25) is 0 Å². The number of carbonyl (C=O) groups excluding carboxylic acids is 1. The van der Waals surface area contributed by atoms with E-state index in [9.17, 15) is 9.90 Å². The number of phenolic OH excluding ortho intramolecular Hbond substituents is 1. The summed E-state index contributed by atoms with van der Waals surface area (Å²) in [4.78, 5) is 17.4. The van der Waals surface area contributed by atoms with Crippen molar-refractivity contribution < 1.29 is 19.4 Å². The second-order valence-electron chi connectivity index (χ2n) is 9.19. The minimum atomic E-state index is 0.0120. The van der Waals surface area contributed by atoms with Gasteiger partial charge in [0.1, 0.15) is 17.8 Å². The smallest absolute Gasteiger partial charge is 0.251 e. The minimum absolute atomic E-state index is 0.0120. The third-order valence-electron chi connectivity index (χ3n) is 6.72. The maximum Gasteiger partial charge on any atom is 0.251 e. The first-order valence-electron chi connectivity index (χ1n) is 12.9. The molecule has 4 rings (SSSR count). The SMILES string of the molecule is CCOCCCNC(=O)c1ccccc1C1CCN(CCN2C=COC(c3cccc(O)c3)=C2)CC1. The first-order chi connectivity index (χ1) is 17.6. The summed E-state index contributed by atoms with van der Waals surface area (Å²) in [5.74, 6) is 1.35. The van der Waals surface area contributed by atoms with Crippen molar-refractivity contribution >= 4 is 11.7 Å². The quantitative estimate of drug-likeness (QED) is 0.450. The molecular weight excluding hydrogens is 454 g/mol. The maximum absolute atomic E-state index is 12.8. The van der Waals surface area contributed by atoms with E-state index in [1.807, 2.05) is 49.7 Å². The fraction of sp³-hybridized carbons (Fsp3) is 0.414. The fourth-order valence-corrected chi connectivity index (χ4v) is 4.75. The summed E-state index contributed by atoms with van der Waals surface area (Å²) < 4.78 is 11.0. The van der Waals surface area contributed by atoms with E-state index in [0.717, 1.165) is 67.9 Å². The van der Waals surface area contributed by atoms with Crippen molar-refractivity contribution in [3.05, 3.63) is 83.9 Å². The predicted molar refractivity (Wildman–Crippen MR) is 141 cm³/mol. The van der Waals surface area contributed by atoms with Crippen molar-refractivity contribution in [2.75, 3.05) is 45.9 Å². The Morgan fingerprint density at radius 3 is 2.78 bits per heavy atom. The van der Waals surface area contributed by atoms with Gasteiger partial charge in [0.25, 0.3) is 5.91 Å². The molecule has 0 aromatic heterocycles.